The van der Waals surface area contributed by atoms with E-state index in [1.807, 2.05) is 0 Å². The number of alkyl halides is 2. The molecule has 10 heavy (non-hydrogen) atoms. The smallest absolute Gasteiger partial charge is 0.104 e. The van der Waals surface area contributed by atoms with Gasteiger partial charge in [-0.1, -0.05) is 0 Å². The number of rotatable bonds is 0. The van der Waals surface area contributed by atoms with Crippen LogP contribution in [0.15, 0.2) is 0 Å². The van der Waals surface area contributed by atoms with Crippen LogP contribution in [0.1, 0.15) is 0 Å². The van der Waals surface area contributed by atoms with Gasteiger partial charge in [0.1, 0.15) is 12.2 Å². The van der Waals surface area contributed by atoms with Crippen LogP contribution in [0.5, 0.6) is 0 Å². The third-order valence-corrected chi connectivity index (χ3v) is 2.68. The monoisotopic (exact) mass is 182 g/mol. The minimum absolute atomic E-state index is 0.00579. The van der Waals surface area contributed by atoms with E-state index in [9.17, 15) is 0 Å². The van der Waals surface area contributed by atoms with Crippen LogP contribution in [-0.4, -0.2) is 36.2 Å². The molecule has 0 amide bonds. The van der Waals surface area contributed by atoms with Gasteiger partial charge in [-0.15, -0.1) is 23.2 Å². The Kier molecular flexibility index (Phi) is 1.81. The van der Waals surface area contributed by atoms with Gasteiger partial charge in [0.2, 0.25) is 0 Å². The van der Waals surface area contributed by atoms with Crippen molar-refractivity contribution in [3.05, 3.63) is 0 Å². The molecule has 0 aromatic rings. The summed E-state index contributed by atoms with van der Waals surface area (Å²) in [5.74, 6) is 0. The average molecular weight is 183 g/mol. The Morgan fingerprint density at radius 2 is 1.30 bits per heavy atom. The van der Waals surface area contributed by atoms with Crippen LogP contribution in [-0.2, 0) is 9.47 Å². The fourth-order valence-electron chi connectivity index (χ4n) is 1.41. The van der Waals surface area contributed by atoms with Gasteiger partial charge in [-0.2, -0.15) is 0 Å². The largest absolute Gasteiger partial charge is 0.372 e. The molecule has 0 unspecified atom stereocenters. The summed E-state index contributed by atoms with van der Waals surface area (Å²) >= 11 is 11.7. The van der Waals surface area contributed by atoms with Gasteiger partial charge in [0, 0.05) is 0 Å². The first-order valence-corrected chi connectivity index (χ1v) is 4.17. The van der Waals surface area contributed by atoms with Crippen LogP contribution in [0.25, 0.3) is 0 Å². The second-order valence-corrected chi connectivity index (χ2v) is 3.75. The molecule has 4 atom stereocenters. The quantitative estimate of drug-likeness (QED) is 0.521. The maximum atomic E-state index is 5.87. The lowest BCUT2D eigenvalue weighted by Gasteiger charge is -2.08. The SMILES string of the molecule is Cl[C@@H]1CO[C@@H]2[C@H]1OC[C@@H]2Cl. The molecule has 0 saturated carbocycles. The molecule has 4 heteroatoms. The van der Waals surface area contributed by atoms with Crippen molar-refractivity contribution in [3.8, 4) is 0 Å². The predicted molar refractivity (Wildman–Crippen MR) is 38.8 cm³/mol. The Hall–Kier alpha value is 0.500. The highest BCUT2D eigenvalue weighted by atomic mass is 35.5. The summed E-state index contributed by atoms with van der Waals surface area (Å²) in [4.78, 5) is 0. The molecule has 0 bridgehead atoms. The molecule has 2 saturated heterocycles. The average Bonchev–Trinajstić information content (AvgIpc) is 2.41. The molecule has 0 N–H and O–H groups in total. The first-order valence-electron chi connectivity index (χ1n) is 3.30. The number of hydrogen-bond donors (Lipinski definition) is 0. The summed E-state index contributed by atoms with van der Waals surface area (Å²) in [6.07, 6.45) is 0.0633. The summed E-state index contributed by atoms with van der Waals surface area (Å²) in [5, 5.41) is -0.0116. The van der Waals surface area contributed by atoms with E-state index in [1.165, 1.54) is 0 Å². The van der Waals surface area contributed by atoms with Crippen molar-refractivity contribution in [1.82, 2.24) is 0 Å². The minimum Gasteiger partial charge on any atom is -0.372 e. The maximum absolute atomic E-state index is 5.87. The third-order valence-electron chi connectivity index (χ3n) is 1.93. The van der Waals surface area contributed by atoms with Crippen molar-refractivity contribution in [2.45, 2.75) is 23.0 Å². The van der Waals surface area contributed by atoms with Gasteiger partial charge in [0.05, 0.1) is 24.0 Å². The fraction of sp³-hybridized carbons (Fsp3) is 1.00. The molecule has 2 aliphatic heterocycles. The number of halogens is 2. The Bertz CT molecular complexity index is 126. The highest BCUT2D eigenvalue weighted by molar-refractivity contribution is 6.23. The van der Waals surface area contributed by atoms with Gasteiger partial charge in [-0.05, 0) is 0 Å². The predicted octanol–water partition coefficient (Wildman–Crippen LogP) is 0.999. The second-order valence-electron chi connectivity index (χ2n) is 2.63. The van der Waals surface area contributed by atoms with Crippen LogP contribution in [0.2, 0.25) is 0 Å². The number of hydrogen-bond acceptors (Lipinski definition) is 2. The highest BCUT2D eigenvalue weighted by Gasteiger charge is 2.46. The summed E-state index contributed by atoms with van der Waals surface area (Å²) in [6, 6.07) is 0. The molecule has 0 aromatic heterocycles. The van der Waals surface area contributed by atoms with Crippen LogP contribution in [0.3, 0.4) is 0 Å². The van der Waals surface area contributed by atoms with E-state index in [1.54, 1.807) is 0 Å². The van der Waals surface area contributed by atoms with Crippen LogP contribution in [0, 0.1) is 0 Å². The standard InChI is InChI=1S/C6H8Cl2O2/c7-3-1-9-6-4(8)2-10-5(3)6/h3-6H,1-2H2/t3-,4+,5-,6-/m0/s1. The Morgan fingerprint density at radius 1 is 0.900 bits per heavy atom. The van der Waals surface area contributed by atoms with Gasteiger partial charge < -0.3 is 9.47 Å². The topological polar surface area (TPSA) is 18.5 Å². The fourth-order valence-corrected chi connectivity index (χ4v) is 1.98. The van der Waals surface area contributed by atoms with Crippen molar-refractivity contribution in [2.75, 3.05) is 13.2 Å². The molecule has 0 aliphatic carbocycles. The van der Waals surface area contributed by atoms with E-state index >= 15 is 0 Å². The number of ether oxygens (including phenoxy) is 2. The molecular formula is C6H8Cl2O2. The van der Waals surface area contributed by atoms with Crippen molar-refractivity contribution < 1.29 is 9.47 Å². The molecule has 0 aromatic carbocycles. The third kappa shape index (κ3) is 0.944. The van der Waals surface area contributed by atoms with Gasteiger partial charge >= 0.3 is 0 Å². The molecule has 58 valence electrons. The molecule has 2 rings (SSSR count). The Labute approximate surface area is 69.4 Å². The van der Waals surface area contributed by atoms with Gasteiger partial charge in [0.25, 0.3) is 0 Å². The zero-order chi connectivity index (χ0) is 7.14. The van der Waals surface area contributed by atoms with E-state index in [0.29, 0.717) is 13.2 Å². The molecule has 2 heterocycles. The molecular weight excluding hydrogens is 175 g/mol. The van der Waals surface area contributed by atoms with Crippen molar-refractivity contribution in [3.63, 3.8) is 0 Å². The second kappa shape index (κ2) is 2.52. The summed E-state index contributed by atoms with van der Waals surface area (Å²) in [6.45, 7) is 1.14. The zero-order valence-corrected chi connectivity index (χ0v) is 6.81. The van der Waals surface area contributed by atoms with E-state index in [0.717, 1.165) is 0 Å². The van der Waals surface area contributed by atoms with Crippen molar-refractivity contribution in [1.29, 1.82) is 0 Å². The molecule has 2 fully saturated rings. The van der Waals surface area contributed by atoms with Gasteiger partial charge in [-0.3, -0.25) is 0 Å². The lowest BCUT2D eigenvalue weighted by molar-refractivity contribution is 0.0741. The number of fused-ring (bicyclic) bond motifs is 1. The van der Waals surface area contributed by atoms with Crippen LogP contribution in [0.4, 0.5) is 0 Å². The Balaban J connectivity index is 2.09. The normalized spacial score (nSPS) is 53.4. The van der Waals surface area contributed by atoms with E-state index in [-0.39, 0.29) is 23.0 Å². The zero-order valence-electron chi connectivity index (χ0n) is 5.30. The molecule has 2 aliphatic rings. The first kappa shape index (κ1) is 7.17. The molecule has 0 radical (unpaired) electrons. The molecule has 2 nitrogen and oxygen atoms in total. The lowest BCUT2D eigenvalue weighted by Crippen LogP contribution is -2.26. The lowest BCUT2D eigenvalue weighted by atomic mass is 10.2. The van der Waals surface area contributed by atoms with Gasteiger partial charge in [-0.25, -0.2) is 0 Å². The summed E-state index contributed by atoms with van der Waals surface area (Å²) < 4.78 is 10.6. The van der Waals surface area contributed by atoms with Crippen LogP contribution < -0.4 is 0 Å². The summed E-state index contributed by atoms with van der Waals surface area (Å²) in [5.41, 5.74) is 0. The first-order chi connectivity index (χ1) is 4.79. The van der Waals surface area contributed by atoms with Gasteiger partial charge in [0.15, 0.2) is 0 Å². The van der Waals surface area contributed by atoms with Crippen molar-refractivity contribution in [2.24, 2.45) is 0 Å². The van der Waals surface area contributed by atoms with Crippen molar-refractivity contribution >= 4 is 23.2 Å². The minimum atomic E-state index is -0.00579. The van der Waals surface area contributed by atoms with Crippen LogP contribution >= 0.6 is 23.2 Å². The molecule has 0 spiro atoms. The highest BCUT2D eigenvalue weighted by Crippen LogP contribution is 2.32. The Morgan fingerprint density at radius 3 is 1.70 bits per heavy atom. The summed E-state index contributed by atoms with van der Waals surface area (Å²) in [7, 11) is 0. The maximum Gasteiger partial charge on any atom is 0.104 e. The van der Waals surface area contributed by atoms with E-state index in [4.69, 9.17) is 32.7 Å². The van der Waals surface area contributed by atoms with E-state index in [2.05, 4.69) is 0 Å². The van der Waals surface area contributed by atoms with E-state index < -0.39 is 0 Å².